The summed E-state index contributed by atoms with van der Waals surface area (Å²) >= 11 is 5.65. The third-order valence-electron chi connectivity index (χ3n) is 3.20. The van der Waals surface area contributed by atoms with Crippen LogP contribution in [0.15, 0.2) is 0 Å². The van der Waals surface area contributed by atoms with Crippen molar-refractivity contribution in [3.63, 3.8) is 0 Å². The van der Waals surface area contributed by atoms with E-state index in [-0.39, 0.29) is 23.8 Å². The summed E-state index contributed by atoms with van der Waals surface area (Å²) in [6.07, 6.45) is 2.09. The summed E-state index contributed by atoms with van der Waals surface area (Å²) in [5.74, 6) is -0.222. The number of halogens is 1. The molecule has 0 aromatic carbocycles. The molecule has 2 amide bonds. The van der Waals surface area contributed by atoms with Crippen molar-refractivity contribution in [3.8, 4) is 0 Å². The van der Waals surface area contributed by atoms with Crippen LogP contribution in [0.1, 0.15) is 33.6 Å². The lowest BCUT2D eigenvalue weighted by molar-refractivity contribution is -0.138. The molecule has 0 saturated carbocycles. The van der Waals surface area contributed by atoms with Gasteiger partial charge in [0.15, 0.2) is 0 Å². The molecule has 1 saturated heterocycles. The van der Waals surface area contributed by atoms with E-state index in [9.17, 15) is 9.59 Å². The predicted molar refractivity (Wildman–Crippen MR) is 75.7 cm³/mol. The summed E-state index contributed by atoms with van der Waals surface area (Å²) in [6.45, 7) is 7.51. The van der Waals surface area contributed by atoms with E-state index in [2.05, 4.69) is 5.32 Å². The molecule has 0 aliphatic carbocycles. The summed E-state index contributed by atoms with van der Waals surface area (Å²) in [6, 6.07) is -0.505. The van der Waals surface area contributed by atoms with E-state index in [1.165, 1.54) is 4.42 Å². The summed E-state index contributed by atoms with van der Waals surface area (Å²) in [7, 11) is 1.61. The Balaban J connectivity index is 2.72. The van der Waals surface area contributed by atoms with Crippen LogP contribution in [0.2, 0.25) is 0 Å². The molecule has 0 radical (unpaired) electrons. The molecule has 0 aromatic rings. The number of rotatable bonds is 4. The predicted octanol–water partition coefficient (Wildman–Crippen LogP) is 1.23. The van der Waals surface area contributed by atoms with Crippen LogP contribution in [0.25, 0.3) is 0 Å². The normalized spacial score (nSPS) is 17.7. The van der Waals surface area contributed by atoms with Gasteiger partial charge in [0, 0.05) is 20.1 Å². The number of carbonyl (C=O) groups excluding carboxylic acids is 2. The van der Waals surface area contributed by atoms with E-state index in [0.29, 0.717) is 0 Å². The lowest BCUT2D eigenvalue weighted by Crippen LogP contribution is -2.55. The molecular formula is C13H24ClN3O2. The topological polar surface area (TPSA) is 52.7 Å². The third-order valence-corrected chi connectivity index (χ3v) is 3.32. The highest BCUT2D eigenvalue weighted by Gasteiger charge is 2.36. The second kappa shape index (κ2) is 6.57. The van der Waals surface area contributed by atoms with Gasteiger partial charge >= 0.3 is 0 Å². The minimum absolute atomic E-state index is 0.00979. The standard InChI is InChI=1S/C13H24ClN3O2/c1-13(2,3)11(15-10(18)9-16(4)14)12(19)17-7-5-6-8-17/h11H,5-9H2,1-4H3,(H,15,18)/t11-/m1/s1. The first kappa shape index (κ1) is 16.2. The monoisotopic (exact) mass is 289 g/mol. The van der Waals surface area contributed by atoms with Gasteiger partial charge in [-0.1, -0.05) is 20.8 Å². The average Bonchev–Trinajstić information content (AvgIpc) is 2.75. The van der Waals surface area contributed by atoms with Crippen molar-refractivity contribution < 1.29 is 9.59 Å². The van der Waals surface area contributed by atoms with Gasteiger partial charge in [-0.25, -0.2) is 4.42 Å². The van der Waals surface area contributed by atoms with Crippen LogP contribution in [-0.2, 0) is 9.59 Å². The molecule has 1 aliphatic heterocycles. The van der Waals surface area contributed by atoms with Crippen molar-refractivity contribution in [1.82, 2.24) is 14.6 Å². The average molecular weight is 290 g/mol. The minimum atomic E-state index is -0.505. The highest BCUT2D eigenvalue weighted by Crippen LogP contribution is 2.23. The molecule has 0 bridgehead atoms. The molecule has 1 aliphatic rings. The van der Waals surface area contributed by atoms with Gasteiger partial charge in [0.05, 0.1) is 6.54 Å². The van der Waals surface area contributed by atoms with Crippen LogP contribution in [0.3, 0.4) is 0 Å². The minimum Gasteiger partial charge on any atom is -0.343 e. The van der Waals surface area contributed by atoms with Gasteiger partial charge < -0.3 is 10.2 Å². The van der Waals surface area contributed by atoms with Gasteiger partial charge in [0.25, 0.3) is 0 Å². The molecule has 0 spiro atoms. The van der Waals surface area contributed by atoms with Gasteiger partial charge in [-0.05, 0) is 30.0 Å². The molecule has 1 heterocycles. The molecule has 0 aromatic heterocycles. The summed E-state index contributed by atoms with van der Waals surface area (Å²) in [5, 5.41) is 2.81. The maximum Gasteiger partial charge on any atom is 0.245 e. The Bertz CT molecular complexity index is 333. The van der Waals surface area contributed by atoms with Crippen molar-refractivity contribution in [1.29, 1.82) is 0 Å². The second-order valence-electron chi connectivity index (χ2n) is 6.16. The lowest BCUT2D eigenvalue weighted by atomic mass is 9.85. The molecule has 1 atom stereocenters. The molecule has 19 heavy (non-hydrogen) atoms. The molecule has 1 rings (SSSR count). The van der Waals surface area contributed by atoms with E-state index in [1.54, 1.807) is 7.05 Å². The number of nitrogens with zero attached hydrogens (tertiary/aromatic N) is 2. The van der Waals surface area contributed by atoms with Crippen molar-refractivity contribution in [2.75, 3.05) is 26.7 Å². The number of carbonyl (C=O) groups is 2. The van der Waals surface area contributed by atoms with Crippen LogP contribution in [0.5, 0.6) is 0 Å². The van der Waals surface area contributed by atoms with E-state index in [0.717, 1.165) is 25.9 Å². The quantitative estimate of drug-likeness (QED) is 0.792. The number of likely N-dealkylation sites (tertiary alicyclic amines) is 1. The fourth-order valence-electron chi connectivity index (χ4n) is 2.17. The van der Waals surface area contributed by atoms with Crippen molar-refractivity contribution in [3.05, 3.63) is 0 Å². The Hall–Kier alpha value is -0.810. The van der Waals surface area contributed by atoms with Crippen molar-refractivity contribution in [2.45, 2.75) is 39.7 Å². The summed E-state index contributed by atoms with van der Waals surface area (Å²) in [4.78, 5) is 26.1. The highest BCUT2D eigenvalue weighted by atomic mass is 35.5. The van der Waals surface area contributed by atoms with Crippen molar-refractivity contribution in [2.24, 2.45) is 5.41 Å². The van der Waals surface area contributed by atoms with E-state index < -0.39 is 6.04 Å². The van der Waals surface area contributed by atoms with Crippen molar-refractivity contribution >= 4 is 23.6 Å². The number of amides is 2. The zero-order valence-electron chi connectivity index (χ0n) is 12.2. The first-order valence-corrected chi connectivity index (χ1v) is 7.00. The number of nitrogens with one attached hydrogen (secondary N) is 1. The van der Waals surface area contributed by atoms with Gasteiger partial charge in [-0.3, -0.25) is 9.59 Å². The zero-order chi connectivity index (χ0) is 14.6. The van der Waals surface area contributed by atoms with Gasteiger partial charge in [-0.2, -0.15) is 0 Å². The third kappa shape index (κ3) is 4.99. The van der Waals surface area contributed by atoms with E-state index in [1.807, 2.05) is 25.7 Å². The van der Waals surface area contributed by atoms with E-state index >= 15 is 0 Å². The number of hydrogen-bond acceptors (Lipinski definition) is 3. The van der Waals surface area contributed by atoms with E-state index in [4.69, 9.17) is 11.8 Å². The molecule has 1 fully saturated rings. The van der Waals surface area contributed by atoms with Crippen LogP contribution < -0.4 is 5.32 Å². The Morgan fingerprint density at radius 1 is 1.32 bits per heavy atom. The van der Waals surface area contributed by atoms with Crippen LogP contribution in [0, 0.1) is 5.41 Å². The maximum atomic E-state index is 12.5. The van der Waals surface area contributed by atoms with Gasteiger partial charge in [-0.15, -0.1) is 0 Å². The van der Waals surface area contributed by atoms with Crippen LogP contribution >= 0.6 is 11.8 Å². The molecular weight excluding hydrogens is 266 g/mol. The zero-order valence-corrected chi connectivity index (χ0v) is 13.0. The fourth-order valence-corrected chi connectivity index (χ4v) is 2.28. The molecule has 0 unspecified atom stereocenters. The summed E-state index contributed by atoms with van der Waals surface area (Å²) in [5.41, 5.74) is -0.319. The van der Waals surface area contributed by atoms with Gasteiger partial charge in [0.2, 0.25) is 11.8 Å². The number of hydrogen-bond donors (Lipinski definition) is 1. The maximum absolute atomic E-state index is 12.5. The Kier molecular flexibility index (Phi) is 5.62. The molecule has 5 nitrogen and oxygen atoms in total. The smallest absolute Gasteiger partial charge is 0.245 e. The first-order chi connectivity index (χ1) is 8.71. The fraction of sp³-hybridized carbons (Fsp3) is 0.846. The molecule has 1 N–H and O–H groups in total. The van der Waals surface area contributed by atoms with Crippen LogP contribution in [0.4, 0.5) is 0 Å². The Labute approximate surface area is 120 Å². The highest BCUT2D eigenvalue weighted by molar-refractivity contribution is 6.14. The van der Waals surface area contributed by atoms with Gasteiger partial charge in [0.1, 0.15) is 6.04 Å². The largest absolute Gasteiger partial charge is 0.343 e. The SMILES string of the molecule is CN(Cl)CC(=O)N[C@H](C(=O)N1CCCC1)C(C)(C)C. The molecule has 110 valence electrons. The Morgan fingerprint density at radius 2 is 1.84 bits per heavy atom. The Morgan fingerprint density at radius 3 is 2.26 bits per heavy atom. The second-order valence-corrected chi connectivity index (χ2v) is 6.74. The number of likely N-dealkylation sites (N-methyl/N-ethyl adjacent to an activating group) is 1. The first-order valence-electron chi connectivity index (χ1n) is 6.67. The molecule has 6 heteroatoms. The lowest BCUT2D eigenvalue weighted by Gasteiger charge is -2.33. The van der Waals surface area contributed by atoms with Crippen LogP contribution in [-0.4, -0.2) is 53.9 Å². The summed E-state index contributed by atoms with van der Waals surface area (Å²) < 4.78 is 1.27.